The lowest BCUT2D eigenvalue weighted by atomic mass is 10.3. The van der Waals surface area contributed by atoms with Gasteiger partial charge in [0.1, 0.15) is 5.69 Å². The molecule has 0 saturated heterocycles. The van der Waals surface area contributed by atoms with Crippen molar-refractivity contribution in [2.75, 3.05) is 5.32 Å². The normalized spacial score (nSPS) is 11.0. The fraction of sp³-hybridized carbons (Fsp3) is 0.200. The van der Waals surface area contributed by atoms with Crippen LogP contribution >= 0.6 is 27.3 Å². The molecule has 0 atom stereocenters. The molecule has 1 N–H and O–H groups in total. The average Bonchev–Trinajstić information content (AvgIpc) is 3.05. The summed E-state index contributed by atoms with van der Waals surface area (Å²) in [5.41, 5.74) is 4.21. The Balaban J connectivity index is 1.85. The molecule has 3 aromatic rings. The topological polar surface area (TPSA) is 46.9 Å². The molecule has 0 spiro atoms. The first-order valence-electron chi connectivity index (χ1n) is 6.67. The van der Waals surface area contributed by atoms with E-state index in [0.717, 1.165) is 33.3 Å². The van der Waals surface area contributed by atoms with Crippen LogP contribution < -0.4 is 5.32 Å². The third kappa shape index (κ3) is 3.01. The predicted octanol–water partition coefficient (Wildman–Crippen LogP) is 4.52. The van der Waals surface area contributed by atoms with Gasteiger partial charge in [0, 0.05) is 22.9 Å². The maximum absolute atomic E-state index is 12.4. The summed E-state index contributed by atoms with van der Waals surface area (Å²) in [6, 6.07) is 7.59. The zero-order valence-electron chi connectivity index (χ0n) is 11.5. The van der Waals surface area contributed by atoms with Crippen LogP contribution in [0.4, 0.5) is 5.69 Å². The summed E-state index contributed by atoms with van der Waals surface area (Å²) in [6.45, 7) is 2.91. The minimum Gasteiger partial charge on any atom is -0.342 e. The lowest BCUT2D eigenvalue weighted by molar-refractivity contribution is 0.101. The van der Waals surface area contributed by atoms with Crippen LogP contribution in [0, 0.1) is 0 Å². The Bertz CT molecular complexity index is 793. The molecule has 0 radical (unpaired) electrons. The first-order valence-corrected chi connectivity index (χ1v) is 8.35. The van der Waals surface area contributed by atoms with Gasteiger partial charge in [-0.1, -0.05) is 6.92 Å². The van der Waals surface area contributed by atoms with Gasteiger partial charge in [-0.3, -0.25) is 4.79 Å². The number of nitrogens with one attached hydrogen (secondary N) is 1. The van der Waals surface area contributed by atoms with E-state index in [1.165, 1.54) is 0 Å². The Morgan fingerprint density at radius 2 is 2.29 bits per heavy atom. The van der Waals surface area contributed by atoms with Crippen molar-refractivity contribution in [1.29, 1.82) is 0 Å². The molecular formula is C15H14BrN3OS. The van der Waals surface area contributed by atoms with Crippen molar-refractivity contribution in [2.24, 2.45) is 0 Å². The third-order valence-electron chi connectivity index (χ3n) is 3.15. The van der Waals surface area contributed by atoms with Crippen LogP contribution in [0.15, 0.2) is 40.4 Å². The Morgan fingerprint density at radius 1 is 1.43 bits per heavy atom. The molecule has 6 heteroatoms. The van der Waals surface area contributed by atoms with E-state index in [9.17, 15) is 4.79 Å². The van der Waals surface area contributed by atoms with Gasteiger partial charge in [0.05, 0.1) is 15.7 Å². The number of halogens is 1. The number of carbonyl (C=O) groups excluding carboxylic acids is 1. The second kappa shape index (κ2) is 5.99. The Kier molecular flexibility index (Phi) is 4.07. The van der Waals surface area contributed by atoms with E-state index < -0.39 is 0 Å². The first-order chi connectivity index (χ1) is 10.2. The molecular weight excluding hydrogens is 350 g/mol. The monoisotopic (exact) mass is 363 g/mol. The van der Waals surface area contributed by atoms with Gasteiger partial charge in [0.15, 0.2) is 0 Å². The fourth-order valence-electron chi connectivity index (χ4n) is 2.22. The molecule has 3 rings (SSSR count). The number of fused-ring (bicyclic) bond motifs is 1. The molecule has 21 heavy (non-hydrogen) atoms. The minimum absolute atomic E-state index is 0.0991. The van der Waals surface area contributed by atoms with Crippen molar-refractivity contribution in [3.63, 3.8) is 0 Å². The number of aromatic nitrogens is 2. The zero-order valence-corrected chi connectivity index (χ0v) is 13.9. The first kappa shape index (κ1) is 14.3. The van der Waals surface area contributed by atoms with Crippen LogP contribution in [0.1, 0.15) is 23.8 Å². The van der Waals surface area contributed by atoms with Crippen molar-refractivity contribution < 1.29 is 4.79 Å². The number of benzene rings is 1. The van der Waals surface area contributed by atoms with Crippen molar-refractivity contribution in [3.05, 3.63) is 46.1 Å². The maximum atomic E-state index is 12.4. The molecule has 1 aromatic carbocycles. The number of nitrogens with zero attached hydrogens (tertiary/aromatic N) is 2. The smallest absolute Gasteiger partial charge is 0.272 e. The SMILES string of the molecule is CCCn1cc(Br)cc1C(=O)Nc1ccc2ncsc2c1. The Morgan fingerprint density at radius 3 is 3.10 bits per heavy atom. The van der Waals surface area contributed by atoms with Gasteiger partial charge < -0.3 is 9.88 Å². The Labute approximate surface area is 134 Å². The van der Waals surface area contributed by atoms with E-state index in [0.29, 0.717) is 5.69 Å². The fourth-order valence-corrected chi connectivity index (χ4v) is 3.40. The number of rotatable bonds is 4. The van der Waals surface area contributed by atoms with Crippen LogP contribution in [0.2, 0.25) is 0 Å². The summed E-state index contributed by atoms with van der Waals surface area (Å²) in [5, 5.41) is 2.95. The minimum atomic E-state index is -0.0991. The van der Waals surface area contributed by atoms with Gasteiger partial charge >= 0.3 is 0 Å². The van der Waals surface area contributed by atoms with E-state index in [1.54, 1.807) is 16.8 Å². The van der Waals surface area contributed by atoms with E-state index >= 15 is 0 Å². The lowest BCUT2D eigenvalue weighted by Crippen LogP contribution is -2.16. The van der Waals surface area contributed by atoms with Gasteiger partial charge in [0.2, 0.25) is 0 Å². The Hall–Kier alpha value is -1.66. The van der Waals surface area contributed by atoms with Crippen LogP contribution in [-0.4, -0.2) is 15.5 Å². The van der Waals surface area contributed by atoms with Crippen molar-refractivity contribution >= 4 is 49.1 Å². The van der Waals surface area contributed by atoms with Gasteiger partial charge in [-0.25, -0.2) is 4.98 Å². The van der Waals surface area contributed by atoms with Crippen molar-refractivity contribution in [3.8, 4) is 0 Å². The number of amides is 1. The van der Waals surface area contributed by atoms with Gasteiger partial charge in [-0.15, -0.1) is 11.3 Å². The second-order valence-corrected chi connectivity index (χ2v) is 6.53. The van der Waals surface area contributed by atoms with Crippen LogP contribution in [0.3, 0.4) is 0 Å². The van der Waals surface area contributed by atoms with E-state index in [4.69, 9.17) is 0 Å². The molecule has 1 amide bonds. The number of carbonyl (C=O) groups is 1. The third-order valence-corrected chi connectivity index (χ3v) is 4.37. The predicted molar refractivity (Wildman–Crippen MR) is 90.0 cm³/mol. The van der Waals surface area contributed by atoms with Crippen LogP contribution in [-0.2, 0) is 6.54 Å². The van der Waals surface area contributed by atoms with Gasteiger partial charge in [0.25, 0.3) is 5.91 Å². The van der Waals surface area contributed by atoms with Crippen molar-refractivity contribution in [1.82, 2.24) is 9.55 Å². The lowest BCUT2D eigenvalue weighted by Gasteiger charge is -2.08. The van der Waals surface area contributed by atoms with Crippen molar-refractivity contribution in [2.45, 2.75) is 19.9 Å². The highest BCUT2D eigenvalue weighted by Crippen LogP contribution is 2.23. The molecule has 0 aliphatic carbocycles. The van der Waals surface area contributed by atoms with Gasteiger partial charge in [-0.2, -0.15) is 0 Å². The largest absolute Gasteiger partial charge is 0.342 e. The van der Waals surface area contributed by atoms with E-state index in [-0.39, 0.29) is 5.91 Å². The second-order valence-electron chi connectivity index (χ2n) is 4.73. The van der Waals surface area contributed by atoms with Gasteiger partial charge in [-0.05, 0) is 46.6 Å². The van der Waals surface area contributed by atoms with E-state index in [1.807, 2.05) is 35.0 Å². The quantitative estimate of drug-likeness (QED) is 0.740. The van der Waals surface area contributed by atoms with E-state index in [2.05, 4.69) is 33.2 Å². The summed E-state index contributed by atoms with van der Waals surface area (Å²) in [6.07, 6.45) is 2.92. The summed E-state index contributed by atoms with van der Waals surface area (Å²) in [4.78, 5) is 16.7. The summed E-state index contributed by atoms with van der Waals surface area (Å²) in [7, 11) is 0. The molecule has 108 valence electrons. The van der Waals surface area contributed by atoms with Crippen LogP contribution in [0.25, 0.3) is 10.2 Å². The molecule has 4 nitrogen and oxygen atoms in total. The standard InChI is InChI=1S/C15H14BrN3OS/c1-2-5-19-8-10(16)6-13(19)15(20)18-11-3-4-12-14(7-11)21-9-17-12/h3-4,6-9H,2,5H2,1H3,(H,18,20). The maximum Gasteiger partial charge on any atom is 0.272 e. The zero-order chi connectivity index (χ0) is 14.8. The molecule has 0 bridgehead atoms. The summed E-state index contributed by atoms with van der Waals surface area (Å²) >= 11 is 4.99. The summed E-state index contributed by atoms with van der Waals surface area (Å²) < 4.78 is 3.95. The summed E-state index contributed by atoms with van der Waals surface area (Å²) in [5.74, 6) is -0.0991. The number of aryl methyl sites for hydroxylation is 1. The van der Waals surface area contributed by atoms with Crippen LogP contribution in [0.5, 0.6) is 0 Å². The molecule has 0 unspecified atom stereocenters. The molecule has 2 aromatic heterocycles. The highest BCUT2D eigenvalue weighted by molar-refractivity contribution is 9.10. The number of thiazole rings is 1. The molecule has 0 fully saturated rings. The molecule has 2 heterocycles. The highest BCUT2D eigenvalue weighted by atomic mass is 79.9. The molecule has 0 aliphatic heterocycles. The molecule has 0 aliphatic rings. The molecule has 0 saturated carbocycles. The number of hydrogen-bond acceptors (Lipinski definition) is 3. The number of hydrogen-bond donors (Lipinski definition) is 1. The average molecular weight is 364 g/mol. The number of anilines is 1. The highest BCUT2D eigenvalue weighted by Gasteiger charge is 2.13.